The van der Waals surface area contributed by atoms with Crippen molar-refractivity contribution in [3.8, 4) is 0 Å². The quantitative estimate of drug-likeness (QED) is 0.843. The Hall–Kier alpha value is -2.31. The maximum Gasteiger partial charge on any atom is 0.325 e. The molecule has 20 heavy (non-hydrogen) atoms. The Labute approximate surface area is 114 Å². The van der Waals surface area contributed by atoms with Crippen molar-refractivity contribution in [1.29, 1.82) is 0 Å². The summed E-state index contributed by atoms with van der Waals surface area (Å²) in [6, 6.07) is 0.528. The van der Waals surface area contributed by atoms with Gasteiger partial charge in [0, 0.05) is 23.7 Å². The van der Waals surface area contributed by atoms with Crippen LogP contribution in [0.2, 0.25) is 0 Å². The van der Waals surface area contributed by atoms with Crippen molar-refractivity contribution >= 4 is 6.01 Å². The van der Waals surface area contributed by atoms with Crippen molar-refractivity contribution in [3.05, 3.63) is 44.1 Å². The molecule has 2 aromatic rings. The lowest BCUT2D eigenvalue weighted by Crippen LogP contribution is -2.38. The number of fused-ring (bicyclic) bond motifs is 1. The van der Waals surface area contributed by atoms with Crippen LogP contribution >= 0.6 is 0 Å². The molecule has 3 heterocycles. The minimum Gasteiger partial charge on any atom is -0.428 e. The normalized spacial score (nSPS) is 14.7. The molecule has 7 heteroatoms. The van der Waals surface area contributed by atoms with Crippen molar-refractivity contribution in [2.45, 2.75) is 32.7 Å². The summed E-state index contributed by atoms with van der Waals surface area (Å²) in [5.74, 6) is 1.10. The lowest BCUT2D eigenvalue weighted by Gasteiger charge is -2.26. The molecule has 3 rings (SSSR count). The molecule has 0 atom stereocenters. The molecule has 0 spiro atoms. The van der Waals surface area contributed by atoms with E-state index in [4.69, 9.17) is 4.42 Å². The zero-order valence-electron chi connectivity index (χ0n) is 11.4. The van der Waals surface area contributed by atoms with Crippen molar-refractivity contribution in [2.24, 2.45) is 0 Å². The smallest absolute Gasteiger partial charge is 0.325 e. The summed E-state index contributed by atoms with van der Waals surface area (Å²) in [7, 11) is 0. The standard InChI is InChI=1S/C13H16N4O3/c1-7(2)10-5-14-13(20-10)17-4-3-8-9(6-17)15-12(19)16-11(8)18/h5,7H,3-4,6H2,1-2H3,(H2,15,16,18,19). The van der Waals surface area contributed by atoms with Gasteiger partial charge in [0.2, 0.25) is 0 Å². The lowest BCUT2D eigenvalue weighted by atomic mass is 10.1. The van der Waals surface area contributed by atoms with E-state index < -0.39 is 5.69 Å². The molecule has 0 saturated heterocycles. The molecule has 106 valence electrons. The number of aromatic amines is 2. The van der Waals surface area contributed by atoms with E-state index in [1.54, 1.807) is 6.20 Å². The molecule has 0 bridgehead atoms. The van der Waals surface area contributed by atoms with E-state index in [2.05, 4.69) is 15.0 Å². The van der Waals surface area contributed by atoms with Gasteiger partial charge in [-0.2, -0.15) is 0 Å². The highest BCUT2D eigenvalue weighted by Crippen LogP contribution is 2.24. The SMILES string of the molecule is CC(C)c1cnc(N2CCc3c([nH]c(=O)[nH]c3=O)C2)o1. The molecule has 2 aromatic heterocycles. The molecule has 0 saturated carbocycles. The first-order chi connectivity index (χ1) is 9.54. The molecule has 0 radical (unpaired) electrons. The van der Waals surface area contributed by atoms with Crippen LogP contribution < -0.4 is 16.1 Å². The van der Waals surface area contributed by atoms with Gasteiger partial charge in [0.25, 0.3) is 11.6 Å². The third kappa shape index (κ3) is 2.15. The second-order valence-corrected chi connectivity index (χ2v) is 5.24. The number of nitrogens with zero attached hydrogens (tertiary/aromatic N) is 2. The van der Waals surface area contributed by atoms with Gasteiger partial charge in [-0.1, -0.05) is 13.8 Å². The number of rotatable bonds is 2. The molecular formula is C13H16N4O3. The molecular weight excluding hydrogens is 260 g/mol. The summed E-state index contributed by atoms with van der Waals surface area (Å²) in [6.07, 6.45) is 2.27. The van der Waals surface area contributed by atoms with Crippen LogP contribution in [0.3, 0.4) is 0 Å². The number of H-pyrrole nitrogens is 2. The van der Waals surface area contributed by atoms with Gasteiger partial charge in [-0.25, -0.2) is 9.78 Å². The van der Waals surface area contributed by atoms with Crippen molar-refractivity contribution in [1.82, 2.24) is 15.0 Å². The van der Waals surface area contributed by atoms with Crippen LogP contribution in [0.15, 0.2) is 20.2 Å². The van der Waals surface area contributed by atoms with Gasteiger partial charge in [-0.3, -0.25) is 9.78 Å². The molecule has 0 aromatic carbocycles. The third-order valence-electron chi connectivity index (χ3n) is 3.46. The number of hydrogen-bond acceptors (Lipinski definition) is 5. The van der Waals surface area contributed by atoms with Crippen molar-refractivity contribution < 1.29 is 4.42 Å². The summed E-state index contributed by atoms with van der Waals surface area (Å²) >= 11 is 0. The maximum absolute atomic E-state index is 11.7. The lowest BCUT2D eigenvalue weighted by molar-refractivity contribution is 0.465. The molecule has 0 amide bonds. The van der Waals surface area contributed by atoms with E-state index in [0.717, 1.165) is 5.76 Å². The van der Waals surface area contributed by atoms with Gasteiger partial charge in [0.15, 0.2) is 0 Å². The predicted octanol–water partition coefficient (Wildman–Crippen LogP) is 0.737. The second kappa shape index (κ2) is 4.66. The van der Waals surface area contributed by atoms with Gasteiger partial charge < -0.3 is 14.3 Å². The molecule has 0 aliphatic carbocycles. The number of nitrogens with one attached hydrogen (secondary N) is 2. The van der Waals surface area contributed by atoms with Crippen LogP contribution in [0, 0.1) is 0 Å². The Morgan fingerprint density at radius 1 is 1.35 bits per heavy atom. The molecule has 0 unspecified atom stereocenters. The number of anilines is 1. The van der Waals surface area contributed by atoms with Crippen LogP contribution in [-0.4, -0.2) is 21.5 Å². The topological polar surface area (TPSA) is 95.0 Å². The fourth-order valence-electron chi connectivity index (χ4n) is 2.33. The summed E-state index contributed by atoms with van der Waals surface area (Å²) in [5.41, 5.74) is 0.482. The summed E-state index contributed by atoms with van der Waals surface area (Å²) in [5, 5.41) is 0. The van der Waals surface area contributed by atoms with Gasteiger partial charge in [0.05, 0.1) is 12.7 Å². The first-order valence-electron chi connectivity index (χ1n) is 6.59. The maximum atomic E-state index is 11.7. The van der Waals surface area contributed by atoms with Crippen LogP contribution in [0.25, 0.3) is 0 Å². The van der Waals surface area contributed by atoms with Gasteiger partial charge in [-0.15, -0.1) is 0 Å². The zero-order chi connectivity index (χ0) is 14.3. The molecule has 7 nitrogen and oxygen atoms in total. The third-order valence-corrected chi connectivity index (χ3v) is 3.46. The van der Waals surface area contributed by atoms with Gasteiger partial charge >= 0.3 is 5.69 Å². The van der Waals surface area contributed by atoms with Crippen LogP contribution in [-0.2, 0) is 13.0 Å². The minimum atomic E-state index is -0.481. The Morgan fingerprint density at radius 2 is 2.15 bits per heavy atom. The summed E-state index contributed by atoms with van der Waals surface area (Å²) in [4.78, 5) is 34.1. The Balaban J connectivity index is 1.91. The highest BCUT2D eigenvalue weighted by atomic mass is 16.4. The van der Waals surface area contributed by atoms with Crippen molar-refractivity contribution in [3.63, 3.8) is 0 Å². The first-order valence-corrected chi connectivity index (χ1v) is 6.59. The van der Waals surface area contributed by atoms with E-state index in [9.17, 15) is 9.59 Å². The largest absolute Gasteiger partial charge is 0.428 e. The zero-order valence-corrected chi connectivity index (χ0v) is 11.4. The molecule has 1 aliphatic heterocycles. The van der Waals surface area contributed by atoms with E-state index in [-0.39, 0.29) is 11.5 Å². The number of hydrogen-bond donors (Lipinski definition) is 2. The first kappa shape index (κ1) is 12.7. The van der Waals surface area contributed by atoms with Gasteiger partial charge in [-0.05, 0) is 6.42 Å². The highest BCUT2D eigenvalue weighted by Gasteiger charge is 2.23. The van der Waals surface area contributed by atoms with E-state index >= 15 is 0 Å². The molecule has 1 aliphatic rings. The summed E-state index contributed by atoms with van der Waals surface area (Å²) in [6.45, 7) is 5.13. The average Bonchev–Trinajstić information content (AvgIpc) is 2.87. The fraction of sp³-hybridized carbons (Fsp3) is 0.462. The van der Waals surface area contributed by atoms with Crippen LogP contribution in [0.5, 0.6) is 0 Å². The second-order valence-electron chi connectivity index (χ2n) is 5.24. The van der Waals surface area contributed by atoms with Crippen molar-refractivity contribution in [2.75, 3.05) is 11.4 Å². The Kier molecular flexibility index (Phi) is 2.96. The van der Waals surface area contributed by atoms with E-state index in [1.807, 2.05) is 18.7 Å². The van der Waals surface area contributed by atoms with E-state index in [1.165, 1.54) is 0 Å². The van der Waals surface area contributed by atoms with Crippen LogP contribution in [0.4, 0.5) is 6.01 Å². The predicted molar refractivity (Wildman–Crippen MR) is 73.0 cm³/mol. The molecule has 2 N–H and O–H groups in total. The summed E-state index contributed by atoms with van der Waals surface area (Å²) < 4.78 is 5.70. The highest BCUT2D eigenvalue weighted by molar-refractivity contribution is 5.34. The molecule has 0 fully saturated rings. The Morgan fingerprint density at radius 3 is 2.85 bits per heavy atom. The van der Waals surface area contributed by atoms with E-state index in [0.29, 0.717) is 36.8 Å². The number of aromatic nitrogens is 3. The van der Waals surface area contributed by atoms with Crippen LogP contribution in [0.1, 0.15) is 36.8 Å². The monoisotopic (exact) mass is 276 g/mol. The average molecular weight is 276 g/mol. The number of oxazole rings is 1. The fourth-order valence-corrected chi connectivity index (χ4v) is 2.33. The Bertz CT molecular complexity index is 741. The van der Waals surface area contributed by atoms with Gasteiger partial charge in [0.1, 0.15) is 5.76 Å². The minimum absolute atomic E-state index is 0.274.